The van der Waals surface area contributed by atoms with Crippen LogP contribution in [-0.4, -0.2) is 18.2 Å². The second kappa shape index (κ2) is 3.35. The second-order valence-electron chi connectivity index (χ2n) is 0.807. The summed E-state index contributed by atoms with van der Waals surface area (Å²) in [6.07, 6.45) is 0. The molecule has 1 radical (unpaired) electrons. The normalized spacial score (nSPS) is 8.14. The van der Waals surface area contributed by atoms with Gasteiger partial charge < -0.3 is 4.84 Å². The van der Waals surface area contributed by atoms with Crippen molar-refractivity contribution in [3.05, 3.63) is 10.1 Å². The van der Waals surface area contributed by atoms with Crippen LogP contribution in [0.2, 0.25) is 0 Å². The Balaban J connectivity index is 2.82. The van der Waals surface area contributed by atoms with Crippen LogP contribution in [0.5, 0.6) is 0 Å². The molecule has 0 aliphatic heterocycles. The van der Waals surface area contributed by atoms with Gasteiger partial charge in [-0.15, -0.1) is 10.1 Å². The van der Waals surface area contributed by atoms with Crippen LogP contribution in [0.3, 0.4) is 0 Å². The number of rotatable bonds is 3. The van der Waals surface area contributed by atoms with Crippen molar-refractivity contribution in [3.63, 3.8) is 0 Å². The summed E-state index contributed by atoms with van der Waals surface area (Å²) in [4.78, 5) is 13.0. The van der Waals surface area contributed by atoms with Crippen LogP contribution in [-0.2, 0) is 4.84 Å². The summed E-state index contributed by atoms with van der Waals surface area (Å²) in [5.41, 5.74) is 6.37. The standard InChI is InChI=1S/C2H5N2O3/c3-1-2-7-4(5)6/h3H,1-2H2. The Labute approximate surface area is 40.2 Å². The van der Waals surface area contributed by atoms with E-state index in [4.69, 9.17) is 5.73 Å². The van der Waals surface area contributed by atoms with Gasteiger partial charge in [0.05, 0.1) is 0 Å². The van der Waals surface area contributed by atoms with Gasteiger partial charge in [-0.2, -0.15) is 0 Å². The van der Waals surface area contributed by atoms with E-state index in [0.717, 1.165) is 0 Å². The molecule has 0 amide bonds. The first kappa shape index (κ1) is 6.16. The predicted molar refractivity (Wildman–Crippen MR) is 20.9 cm³/mol. The zero-order chi connectivity index (χ0) is 5.70. The average Bonchev–Trinajstić information content (AvgIpc) is 1.61. The first-order chi connectivity index (χ1) is 3.27. The first-order valence-corrected chi connectivity index (χ1v) is 1.69. The molecule has 0 fully saturated rings. The van der Waals surface area contributed by atoms with Crippen LogP contribution in [0, 0.1) is 10.1 Å². The molecule has 5 nitrogen and oxygen atoms in total. The fourth-order valence-corrected chi connectivity index (χ4v) is 0.120. The van der Waals surface area contributed by atoms with Gasteiger partial charge >= 0.3 is 0 Å². The molecule has 0 aromatic heterocycles. The highest BCUT2D eigenvalue weighted by Gasteiger charge is 1.88. The van der Waals surface area contributed by atoms with Gasteiger partial charge in [-0.05, 0) is 0 Å². The summed E-state index contributed by atoms with van der Waals surface area (Å²) < 4.78 is 0. The molecule has 0 rings (SSSR count). The Hall–Kier alpha value is -0.840. The molecule has 0 spiro atoms. The van der Waals surface area contributed by atoms with Gasteiger partial charge in [-0.25, -0.2) is 0 Å². The summed E-state index contributed by atoms with van der Waals surface area (Å²) in [5.74, 6) is 0. The highest BCUT2D eigenvalue weighted by atomic mass is 16.9. The highest BCUT2D eigenvalue weighted by molar-refractivity contribution is 4.19. The van der Waals surface area contributed by atoms with Gasteiger partial charge in [0.2, 0.25) is 0 Å². The maximum Gasteiger partial charge on any atom is 0.294 e. The summed E-state index contributed by atoms with van der Waals surface area (Å²) in [7, 11) is 0. The minimum absolute atomic E-state index is 0.0685. The maximum atomic E-state index is 9.26. The lowest BCUT2D eigenvalue weighted by Gasteiger charge is -1.88. The van der Waals surface area contributed by atoms with Gasteiger partial charge in [0.1, 0.15) is 6.61 Å². The highest BCUT2D eigenvalue weighted by Crippen LogP contribution is 1.68. The van der Waals surface area contributed by atoms with E-state index in [2.05, 4.69) is 4.84 Å². The molecule has 0 heterocycles. The van der Waals surface area contributed by atoms with Crippen molar-refractivity contribution in [1.29, 1.82) is 0 Å². The number of hydrogen-bond donors (Lipinski definition) is 0. The lowest BCUT2D eigenvalue weighted by atomic mass is 10.8. The average molecular weight is 105 g/mol. The third-order valence-corrected chi connectivity index (χ3v) is 0.299. The van der Waals surface area contributed by atoms with Gasteiger partial charge in [-0.1, -0.05) is 0 Å². The van der Waals surface area contributed by atoms with Crippen LogP contribution in [0.1, 0.15) is 0 Å². The molecule has 5 heteroatoms. The SMILES string of the molecule is [NH]CCO[N+](=O)[O-]. The van der Waals surface area contributed by atoms with Gasteiger partial charge in [-0.3, -0.25) is 5.73 Å². The van der Waals surface area contributed by atoms with Gasteiger partial charge in [0, 0.05) is 6.54 Å². The van der Waals surface area contributed by atoms with E-state index >= 15 is 0 Å². The Morgan fingerprint density at radius 2 is 2.43 bits per heavy atom. The molecule has 0 aliphatic carbocycles. The third-order valence-electron chi connectivity index (χ3n) is 0.299. The molecule has 0 unspecified atom stereocenters. The lowest BCUT2D eigenvalue weighted by Crippen LogP contribution is -2.05. The van der Waals surface area contributed by atoms with Crippen LogP contribution < -0.4 is 5.73 Å². The van der Waals surface area contributed by atoms with E-state index in [1.165, 1.54) is 0 Å². The molecular formula is C2H5N2O3. The second-order valence-corrected chi connectivity index (χ2v) is 0.807. The molecule has 0 atom stereocenters. The fourth-order valence-electron chi connectivity index (χ4n) is 0.120. The van der Waals surface area contributed by atoms with Crippen molar-refractivity contribution in [2.45, 2.75) is 0 Å². The number of nitrogens with zero attached hydrogens (tertiary/aromatic N) is 1. The lowest BCUT2D eigenvalue weighted by molar-refractivity contribution is -0.757. The molecule has 1 N–H and O–H groups in total. The fraction of sp³-hybridized carbons (Fsp3) is 1.00. The van der Waals surface area contributed by atoms with Crippen LogP contribution in [0.4, 0.5) is 0 Å². The maximum absolute atomic E-state index is 9.26. The molecular weight excluding hydrogens is 100 g/mol. The molecule has 0 aromatic carbocycles. The van der Waals surface area contributed by atoms with Crippen molar-refractivity contribution >= 4 is 0 Å². The van der Waals surface area contributed by atoms with Crippen molar-refractivity contribution in [3.8, 4) is 0 Å². The van der Waals surface area contributed by atoms with Gasteiger partial charge in [0.15, 0.2) is 0 Å². The summed E-state index contributed by atoms with van der Waals surface area (Å²) in [6, 6.07) is 0. The Bertz CT molecular complexity index is 64.0. The Kier molecular flexibility index (Phi) is 2.95. The van der Waals surface area contributed by atoms with Gasteiger partial charge in [0.25, 0.3) is 5.09 Å². The minimum atomic E-state index is -0.908. The Morgan fingerprint density at radius 3 is 2.57 bits per heavy atom. The molecule has 7 heavy (non-hydrogen) atoms. The largest absolute Gasteiger partial charge is 0.313 e. The van der Waals surface area contributed by atoms with Crippen molar-refractivity contribution in [2.75, 3.05) is 13.2 Å². The summed E-state index contributed by atoms with van der Waals surface area (Å²) >= 11 is 0. The zero-order valence-corrected chi connectivity index (χ0v) is 3.59. The van der Waals surface area contributed by atoms with Crippen molar-refractivity contribution in [1.82, 2.24) is 5.73 Å². The Morgan fingerprint density at radius 1 is 1.86 bits per heavy atom. The minimum Gasteiger partial charge on any atom is -0.313 e. The first-order valence-electron chi connectivity index (χ1n) is 1.69. The van der Waals surface area contributed by atoms with Crippen LogP contribution in [0.25, 0.3) is 0 Å². The van der Waals surface area contributed by atoms with E-state index in [-0.39, 0.29) is 13.2 Å². The summed E-state index contributed by atoms with van der Waals surface area (Å²) in [6.45, 7) is -0.200. The molecule has 41 valence electrons. The van der Waals surface area contributed by atoms with Crippen molar-refractivity contribution < 1.29 is 9.92 Å². The molecule has 0 bridgehead atoms. The molecule has 0 aliphatic rings. The zero-order valence-electron chi connectivity index (χ0n) is 3.59. The molecule has 0 aromatic rings. The van der Waals surface area contributed by atoms with E-state index in [9.17, 15) is 10.1 Å². The third kappa shape index (κ3) is 5.16. The van der Waals surface area contributed by atoms with E-state index < -0.39 is 5.09 Å². The number of nitrogens with one attached hydrogen (secondary N) is 1. The van der Waals surface area contributed by atoms with Crippen LogP contribution in [0.15, 0.2) is 0 Å². The predicted octanol–water partition coefficient (Wildman–Crippen LogP) is -0.522. The van der Waals surface area contributed by atoms with Crippen LogP contribution >= 0.6 is 0 Å². The smallest absolute Gasteiger partial charge is 0.294 e. The number of hydrogen-bond acceptors (Lipinski definition) is 3. The van der Waals surface area contributed by atoms with E-state index in [1.54, 1.807) is 0 Å². The van der Waals surface area contributed by atoms with E-state index in [1.807, 2.05) is 0 Å². The quantitative estimate of drug-likeness (QED) is 0.358. The molecule has 0 saturated carbocycles. The monoisotopic (exact) mass is 105 g/mol. The van der Waals surface area contributed by atoms with E-state index in [0.29, 0.717) is 0 Å². The van der Waals surface area contributed by atoms with Crippen molar-refractivity contribution in [2.24, 2.45) is 0 Å². The summed E-state index contributed by atoms with van der Waals surface area (Å²) in [5, 5.41) is 8.35. The topological polar surface area (TPSA) is 76.2 Å². The molecule has 0 saturated heterocycles.